The summed E-state index contributed by atoms with van der Waals surface area (Å²) < 4.78 is 11.5. The Morgan fingerprint density at radius 2 is 1.93 bits per heavy atom. The molecule has 30 heavy (non-hydrogen) atoms. The number of ether oxygens (including phenoxy) is 1. The van der Waals surface area contributed by atoms with Crippen LogP contribution in [0, 0.1) is 28.6 Å². The summed E-state index contributed by atoms with van der Waals surface area (Å²) in [6, 6.07) is 2.12. The highest BCUT2D eigenvalue weighted by Crippen LogP contribution is 2.70. The normalized spacial score (nSPS) is 48.1. The minimum absolute atomic E-state index is 0.0359. The van der Waals surface area contributed by atoms with Crippen molar-refractivity contribution in [1.82, 2.24) is 0 Å². The van der Waals surface area contributed by atoms with Gasteiger partial charge in [-0.05, 0) is 105 Å². The van der Waals surface area contributed by atoms with Crippen LogP contribution >= 0.6 is 0 Å². The molecule has 0 unspecified atom stereocenters. The van der Waals surface area contributed by atoms with Crippen LogP contribution in [0.4, 0.5) is 0 Å². The van der Waals surface area contributed by atoms with Gasteiger partial charge in [0.05, 0.1) is 24.2 Å². The summed E-state index contributed by atoms with van der Waals surface area (Å²) in [6.07, 6.45) is 15.1. The van der Waals surface area contributed by atoms with Crippen LogP contribution in [-0.4, -0.2) is 35.1 Å². The molecule has 0 radical (unpaired) electrons. The molecule has 4 fully saturated rings. The van der Waals surface area contributed by atoms with Crippen molar-refractivity contribution in [2.75, 3.05) is 13.2 Å². The van der Waals surface area contributed by atoms with E-state index in [1.807, 2.05) is 6.26 Å². The van der Waals surface area contributed by atoms with Gasteiger partial charge in [-0.15, -0.1) is 0 Å². The maximum atomic E-state index is 12.3. The molecule has 1 aromatic heterocycles. The van der Waals surface area contributed by atoms with Gasteiger partial charge in [0.25, 0.3) is 0 Å². The first-order valence-corrected chi connectivity index (χ1v) is 12.4. The Morgan fingerprint density at radius 1 is 1.07 bits per heavy atom. The minimum atomic E-state index is -0.541. The van der Waals surface area contributed by atoms with Gasteiger partial charge in [-0.2, -0.15) is 0 Å². The van der Waals surface area contributed by atoms with Gasteiger partial charge in [-0.25, -0.2) is 0 Å². The fourth-order valence-electron chi connectivity index (χ4n) is 8.66. The van der Waals surface area contributed by atoms with Crippen LogP contribution in [0.1, 0.15) is 89.5 Å². The molecule has 0 amide bonds. The van der Waals surface area contributed by atoms with Crippen LogP contribution in [0.25, 0.3) is 0 Å². The summed E-state index contributed by atoms with van der Waals surface area (Å²) in [5.74, 6) is 2.20. The van der Waals surface area contributed by atoms with Crippen LogP contribution < -0.4 is 0 Å². The quantitative estimate of drug-likeness (QED) is 0.640. The van der Waals surface area contributed by atoms with Gasteiger partial charge in [0, 0.05) is 18.6 Å². The summed E-state index contributed by atoms with van der Waals surface area (Å²) in [7, 11) is 0. The molecule has 0 bridgehead atoms. The fraction of sp³-hybridized carbons (Fsp3) is 0.846. The number of fused-ring (bicyclic) bond motifs is 5. The lowest BCUT2D eigenvalue weighted by Crippen LogP contribution is -2.62. The van der Waals surface area contributed by atoms with Crippen molar-refractivity contribution in [3.8, 4) is 0 Å². The zero-order valence-electron chi connectivity index (χ0n) is 18.8. The van der Waals surface area contributed by atoms with E-state index >= 15 is 0 Å². The molecule has 2 N–H and O–H groups in total. The van der Waals surface area contributed by atoms with Crippen molar-refractivity contribution in [3.05, 3.63) is 24.2 Å². The summed E-state index contributed by atoms with van der Waals surface area (Å²) in [4.78, 5) is 0. The third-order valence-electron chi connectivity index (χ3n) is 10.4. The zero-order chi connectivity index (χ0) is 21.0. The van der Waals surface area contributed by atoms with Crippen molar-refractivity contribution in [2.45, 2.75) is 95.7 Å². The number of hydrogen-bond acceptors (Lipinski definition) is 4. The van der Waals surface area contributed by atoms with E-state index in [2.05, 4.69) is 19.9 Å². The van der Waals surface area contributed by atoms with E-state index in [0.717, 1.165) is 32.1 Å². The van der Waals surface area contributed by atoms with Gasteiger partial charge < -0.3 is 19.4 Å². The number of aliphatic hydroxyl groups excluding tert-OH is 1. The van der Waals surface area contributed by atoms with Crippen LogP contribution in [0.5, 0.6) is 0 Å². The van der Waals surface area contributed by atoms with Crippen molar-refractivity contribution < 1.29 is 19.4 Å². The van der Waals surface area contributed by atoms with E-state index in [-0.39, 0.29) is 12.0 Å². The smallest absolute Gasteiger partial charge is 0.0937 e. The lowest BCUT2D eigenvalue weighted by Gasteiger charge is -2.63. The SMILES string of the molecule is C[C@]12CC[C@H](OCCCO)C[C@H]1CC[C@@H]1[C@@H]2CC[C@]2(C)[C@@H](c3ccoc3)CC[C@]12O. The average molecular weight is 417 g/mol. The first-order valence-electron chi connectivity index (χ1n) is 12.4. The lowest BCUT2D eigenvalue weighted by atomic mass is 9.43. The zero-order valence-corrected chi connectivity index (χ0v) is 18.8. The summed E-state index contributed by atoms with van der Waals surface area (Å²) in [5.41, 5.74) is 1.05. The van der Waals surface area contributed by atoms with Crippen LogP contribution in [-0.2, 0) is 4.74 Å². The number of hydrogen-bond donors (Lipinski definition) is 2. The maximum Gasteiger partial charge on any atom is 0.0937 e. The molecule has 4 saturated carbocycles. The van der Waals surface area contributed by atoms with E-state index < -0.39 is 5.60 Å². The van der Waals surface area contributed by atoms with Gasteiger partial charge in [0.2, 0.25) is 0 Å². The molecule has 4 heteroatoms. The van der Waals surface area contributed by atoms with E-state index in [1.54, 1.807) is 6.26 Å². The average Bonchev–Trinajstić information content (AvgIpc) is 3.34. The maximum absolute atomic E-state index is 12.3. The molecule has 1 heterocycles. The first kappa shape index (κ1) is 21.0. The highest BCUT2D eigenvalue weighted by atomic mass is 16.5. The van der Waals surface area contributed by atoms with E-state index in [1.165, 1.54) is 37.7 Å². The topological polar surface area (TPSA) is 62.8 Å². The summed E-state index contributed by atoms with van der Waals surface area (Å²) in [5, 5.41) is 21.3. The molecule has 0 saturated heterocycles. The number of aliphatic hydroxyl groups is 2. The predicted octanol–water partition coefficient (Wildman–Crippen LogP) is 5.29. The molecular weight excluding hydrogens is 376 g/mol. The van der Waals surface area contributed by atoms with Crippen LogP contribution in [0.2, 0.25) is 0 Å². The largest absolute Gasteiger partial charge is 0.472 e. The summed E-state index contributed by atoms with van der Waals surface area (Å²) in [6.45, 7) is 5.81. The highest BCUT2D eigenvalue weighted by molar-refractivity contribution is 5.26. The molecule has 168 valence electrons. The molecular formula is C26H40O4. The Kier molecular flexibility index (Phi) is 5.35. The second-order valence-electron chi connectivity index (χ2n) is 11.4. The predicted molar refractivity (Wildman–Crippen MR) is 116 cm³/mol. The number of furan rings is 1. The highest BCUT2D eigenvalue weighted by Gasteiger charge is 2.67. The molecule has 4 aliphatic rings. The van der Waals surface area contributed by atoms with Crippen LogP contribution in [0.3, 0.4) is 0 Å². The third-order valence-corrected chi connectivity index (χ3v) is 10.4. The van der Waals surface area contributed by atoms with Gasteiger partial charge in [-0.3, -0.25) is 0 Å². The Morgan fingerprint density at radius 3 is 2.70 bits per heavy atom. The second kappa shape index (κ2) is 7.64. The number of rotatable bonds is 5. The third kappa shape index (κ3) is 2.97. The van der Waals surface area contributed by atoms with Gasteiger partial charge in [0.1, 0.15) is 0 Å². The van der Waals surface area contributed by atoms with Crippen molar-refractivity contribution in [2.24, 2.45) is 28.6 Å². The molecule has 8 atom stereocenters. The second-order valence-corrected chi connectivity index (χ2v) is 11.4. The molecule has 0 aliphatic heterocycles. The Hall–Kier alpha value is -0.840. The van der Waals surface area contributed by atoms with Crippen molar-refractivity contribution in [1.29, 1.82) is 0 Å². The Balaban J connectivity index is 1.35. The molecule has 1 aromatic rings. The van der Waals surface area contributed by atoms with Crippen molar-refractivity contribution >= 4 is 0 Å². The van der Waals surface area contributed by atoms with E-state index in [4.69, 9.17) is 14.3 Å². The lowest BCUT2D eigenvalue weighted by molar-refractivity contribution is -0.207. The summed E-state index contributed by atoms with van der Waals surface area (Å²) >= 11 is 0. The molecule has 0 spiro atoms. The van der Waals surface area contributed by atoms with Gasteiger partial charge >= 0.3 is 0 Å². The monoisotopic (exact) mass is 416 g/mol. The van der Waals surface area contributed by atoms with Crippen LogP contribution in [0.15, 0.2) is 23.0 Å². The van der Waals surface area contributed by atoms with Gasteiger partial charge in [-0.1, -0.05) is 13.8 Å². The standard InChI is InChI=1S/C26H40O4/c1-24-10-6-20(30-14-3-13-27)16-19(24)4-5-23-22(24)7-11-25(2)21(8-12-26(23,25)28)18-9-15-29-17-18/h9,15,17,19-23,27-28H,3-8,10-14,16H2,1-2H3/t19-,20+,21-,22+,23-,24+,25-,26+/m1/s1. The minimum Gasteiger partial charge on any atom is -0.472 e. The molecule has 0 aromatic carbocycles. The molecule has 4 aliphatic carbocycles. The van der Waals surface area contributed by atoms with E-state index in [9.17, 15) is 5.11 Å². The van der Waals surface area contributed by atoms with Gasteiger partial charge in [0.15, 0.2) is 0 Å². The molecule has 5 rings (SSSR count). The fourth-order valence-corrected chi connectivity index (χ4v) is 8.66. The molecule has 4 nitrogen and oxygen atoms in total. The van der Waals surface area contributed by atoms with E-state index in [0.29, 0.717) is 41.8 Å². The Labute approximate surface area is 181 Å². The first-order chi connectivity index (χ1) is 14.4. The Bertz CT molecular complexity index is 731. The van der Waals surface area contributed by atoms with Crippen molar-refractivity contribution in [3.63, 3.8) is 0 Å².